The van der Waals surface area contributed by atoms with Crippen molar-refractivity contribution in [1.29, 1.82) is 0 Å². The molecule has 0 aliphatic carbocycles. The van der Waals surface area contributed by atoms with Crippen LogP contribution >= 0.6 is 0 Å². The van der Waals surface area contributed by atoms with Gasteiger partial charge in [0.05, 0.1) is 6.61 Å². The van der Waals surface area contributed by atoms with Gasteiger partial charge in [-0.05, 0) is 65.1 Å². The summed E-state index contributed by atoms with van der Waals surface area (Å²) in [7, 11) is 0. The smallest absolute Gasteiger partial charge is 0.164 e. The second kappa shape index (κ2) is 16.2. The normalized spacial score (nSPS) is 12.4. The van der Waals surface area contributed by atoms with E-state index in [0.717, 1.165) is 59.0 Å². The fraction of sp³-hybridized carbons (Fsp3) is 0.463. The maximum absolute atomic E-state index is 12.2. The van der Waals surface area contributed by atoms with Crippen molar-refractivity contribution in [1.82, 2.24) is 4.98 Å². The summed E-state index contributed by atoms with van der Waals surface area (Å²) < 4.78 is 6.16. The Morgan fingerprint density at radius 2 is 1.41 bits per heavy atom. The molecule has 1 aromatic heterocycles. The Kier molecular flexibility index (Phi) is 13.8. The zero-order valence-electron chi connectivity index (χ0n) is 29.9. The third-order valence-corrected chi connectivity index (χ3v) is 9.43. The predicted octanol–water partition coefficient (Wildman–Crippen LogP) is 11.5. The van der Waals surface area contributed by atoms with Gasteiger partial charge in [-0.15, -0.1) is 34.9 Å². The van der Waals surface area contributed by atoms with Crippen LogP contribution in [0.1, 0.15) is 99.1 Å². The first-order valence-corrected chi connectivity index (χ1v) is 16.5. The average Bonchev–Trinajstić information content (AvgIpc) is 3.01. The molecule has 0 unspecified atom stereocenters. The number of carbonyl (C=O) groups excluding carboxylic acids is 1. The number of ether oxygens (including phenoxy) is 1. The van der Waals surface area contributed by atoms with Gasteiger partial charge in [-0.2, -0.15) is 0 Å². The number of rotatable bonds is 10. The minimum absolute atomic E-state index is 0. The van der Waals surface area contributed by atoms with Gasteiger partial charge in [0.25, 0.3) is 0 Å². The van der Waals surface area contributed by atoms with Gasteiger partial charge < -0.3 is 14.8 Å². The van der Waals surface area contributed by atoms with Gasteiger partial charge in [-0.25, -0.2) is 0 Å². The standard InChI is InChI=1S/C26H26NO.C15H28O2.Ir/c1-17-13-18(2)15-19(14-17)25-23-10-9-22-20(21(23)11-12-27-25)7-6-8-24(22)28-16-26(3,4)5;1-7-14(5,8-2)12(16)11-13(17)15(6,9-3)10-4;/h6-14H,16H2,1-5H3;11,16H,7-10H2,1-6H3;/q-1;;/b;12-11-;. The third kappa shape index (κ3) is 9.29. The van der Waals surface area contributed by atoms with E-state index in [-0.39, 0.29) is 47.9 Å². The first kappa shape index (κ1) is 39.2. The molecule has 1 radical (unpaired) electrons. The van der Waals surface area contributed by atoms with Gasteiger partial charge in [0, 0.05) is 48.6 Å². The molecule has 4 aromatic rings. The molecule has 0 bridgehead atoms. The van der Waals surface area contributed by atoms with E-state index in [1.54, 1.807) is 0 Å². The summed E-state index contributed by atoms with van der Waals surface area (Å²) in [5.41, 5.74) is 3.90. The van der Waals surface area contributed by atoms with Crippen LogP contribution in [0.15, 0.2) is 66.6 Å². The molecule has 1 heterocycles. The number of hydrogen-bond acceptors (Lipinski definition) is 4. The van der Waals surface area contributed by atoms with Crippen LogP contribution in [-0.2, 0) is 24.9 Å². The topological polar surface area (TPSA) is 59.4 Å². The molecule has 0 aliphatic heterocycles. The van der Waals surface area contributed by atoms with Gasteiger partial charge >= 0.3 is 0 Å². The molecule has 0 fully saturated rings. The Hall–Kier alpha value is -3.01. The summed E-state index contributed by atoms with van der Waals surface area (Å²) in [5, 5.41) is 14.8. The van der Waals surface area contributed by atoms with Crippen molar-refractivity contribution in [3.05, 3.63) is 83.8 Å². The van der Waals surface area contributed by atoms with Crippen LogP contribution in [0.3, 0.4) is 0 Å². The van der Waals surface area contributed by atoms with Gasteiger partial charge in [0.1, 0.15) is 11.5 Å². The number of nitrogens with zero attached hydrogens (tertiary/aromatic N) is 1. The van der Waals surface area contributed by atoms with Gasteiger partial charge in [0.15, 0.2) is 5.78 Å². The van der Waals surface area contributed by atoms with Crippen LogP contribution in [0.25, 0.3) is 32.8 Å². The minimum Gasteiger partial charge on any atom is -0.512 e. The molecule has 4 rings (SSSR count). The van der Waals surface area contributed by atoms with E-state index in [0.29, 0.717) is 6.61 Å². The molecule has 4 nitrogen and oxygen atoms in total. The van der Waals surface area contributed by atoms with E-state index in [9.17, 15) is 9.90 Å². The molecule has 46 heavy (non-hydrogen) atoms. The van der Waals surface area contributed by atoms with Crippen LogP contribution in [-0.4, -0.2) is 22.5 Å². The van der Waals surface area contributed by atoms with E-state index >= 15 is 0 Å². The summed E-state index contributed by atoms with van der Waals surface area (Å²) in [4.78, 5) is 16.9. The SMILES string of the molecule is CCC(C)(CC)C(=O)/C=C(\O)C(C)(CC)CC.Cc1[c-]c(-c2nccc3c2ccc2c(OCC(C)(C)C)cccc23)cc(C)c1.[Ir]. The number of fused-ring (bicyclic) bond motifs is 3. The predicted molar refractivity (Wildman–Crippen MR) is 191 cm³/mol. The number of benzene rings is 3. The molecule has 1 N–H and O–H groups in total. The largest absolute Gasteiger partial charge is 0.512 e. The zero-order valence-corrected chi connectivity index (χ0v) is 32.2. The Morgan fingerprint density at radius 1 is 0.826 bits per heavy atom. The summed E-state index contributed by atoms with van der Waals surface area (Å²) in [5.74, 6) is 1.22. The number of aryl methyl sites for hydroxylation is 2. The molecular weight excluding hydrogens is 747 g/mol. The number of allylic oxidation sites excluding steroid dienone is 2. The number of aliphatic hydroxyl groups excluding tert-OH is 1. The first-order chi connectivity index (χ1) is 21.1. The van der Waals surface area contributed by atoms with Crippen molar-refractivity contribution in [2.45, 2.75) is 102 Å². The van der Waals surface area contributed by atoms with E-state index in [1.165, 1.54) is 22.4 Å². The van der Waals surface area contributed by atoms with Crippen molar-refractivity contribution in [2.75, 3.05) is 6.61 Å². The number of pyridine rings is 1. The molecular formula is C41H54IrNO3-. The molecule has 3 aromatic carbocycles. The van der Waals surface area contributed by atoms with Gasteiger partial charge in [-0.3, -0.25) is 4.79 Å². The second-order valence-electron chi connectivity index (χ2n) is 14.2. The Labute approximate surface area is 291 Å². The van der Waals surface area contributed by atoms with Crippen molar-refractivity contribution in [2.24, 2.45) is 16.2 Å². The quantitative estimate of drug-likeness (QED) is 0.0751. The monoisotopic (exact) mass is 801 g/mol. The maximum Gasteiger partial charge on any atom is 0.164 e. The van der Waals surface area contributed by atoms with Crippen LogP contribution in [0.5, 0.6) is 5.75 Å². The van der Waals surface area contributed by atoms with Crippen LogP contribution in [0, 0.1) is 36.2 Å². The van der Waals surface area contributed by atoms with Crippen LogP contribution in [0.4, 0.5) is 0 Å². The fourth-order valence-corrected chi connectivity index (χ4v) is 5.34. The minimum atomic E-state index is -0.337. The number of carbonyl (C=O) groups is 1. The average molecular weight is 801 g/mol. The van der Waals surface area contributed by atoms with Crippen molar-refractivity contribution >= 4 is 27.3 Å². The zero-order chi connectivity index (χ0) is 33.6. The van der Waals surface area contributed by atoms with Crippen molar-refractivity contribution in [3.63, 3.8) is 0 Å². The third-order valence-electron chi connectivity index (χ3n) is 9.43. The molecule has 0 saturated carbocycles. The second-order valence-corrected chi connectivity index (χ2v) is 14.2. The number of aliphatic hydroxyl groups is 1. The Morgan fingerprint density at radius 3 is 1.98 bits per heavy atom. The van der Waals surface area contributed by atoms with E-state index < -0.39 is 0 Å². The molecule has 0 amide bonds. The summed E-state index contributed by atoms with van der Waals surface area (Å²) >= 11 is 0. The number of aromatic nitrogens is 1. The molecule has 5 heteroatoms. The molecule has 0 aliphatic rings. The Bertz CT molecular complexity index is 1640. The van der Waals surface area contributed by atoms with Gasteiger partial charge in [0.2, 0.25) is 0 Å². The van der Waals surface area contributed by atoms with Crippen LogP contribution < -0.4 is 4.74 Å². The summed E-state index contributed by atoms with van der Waals surface area (Å²) in [6, 6.07) is 20.5. The van der Waals surface area contributed by atoms with E-state index in [2.05, 4.69) is 89.2 Å². The number of hydrogen-bond donors (Lipinski definition) is 1. The first-order valence-electron chi connectivity index (χ1n) is 16.5. The maximum atomic E-state index is 12.2. The van der Waals surface area contributed by atoms with E-state index in [1.807, 2.05) is 47.7 Å². The molecule has 0 atom stereocenters. The summed E-state index contributed by atoms with van der Waals surface area (Å²) in [6.45, 7) is 23.5. The number of ketones is 1. The summed E-state index contributed by atoms with van der Waals surface area (Å²) in [6.07, 6.45) is 6.65. The van der Waals surface area contributed by atoms with Crippen molar-refractivity contribution < 1.29 is 34.7 Å². The fourth-order valence-electron chi connectivity index (χ4n) is 5.34. The van der Waals surface area contributed by atoms with Crippen molar-refractivity contribution in [3.8, 4) is 17.0 Å². The Balaban J connectivity index is 0.000000356. The molecule has 0 spiro atoms. The molecule has 0 saturated heterocycles. The molecule has 251 valence electrons. The van der Waals surface area contributed by atoms with Crippen LogP contribution in [0.2, 0.25) is 0 Å². The van der Waals surface area contributed by atoms with E-state index in [4.69, 9.17) is 9.72 Å². The van der Waals surface area contributed by atoms with Gasteiger partial charge in [-0.1, -0.05) is 100 Å².